The highest BCUT2D eigenvalue weighted by Crippen LogP contribution is 2.32. The van der Waals surface area contributed by atoms with Gasteiger partial charge in [0.05, 0.1) is 0 Å². The second-order valence-corrected chi connectivity index (χ2v) is 7.55. The maximum atomic E-state index is 11.2. The Bertz CT molecular complexity index is 1190. The Hall–Kier alpha value is -3.80. The first-order chi connectivity index (χ1) is 14.3. The summed E-state index contributed by atoms with van der Waals surface area (Å²) in [6.45, 7) is 5.04. The normalized spacial score (nSPS) is 11.4. The summed E-state index contributed by atoms with van der Waals surface area (Å²) in [4.78, 5) is 11.2. The van der Waals surface area contributed by atoms with Crippen LogP contribution in [0.5, 0.6) is 17.2 Å². The van der Waals surface area contributed by atoms with Gasteiger partial charge >= 0.3 is 5.97 Å². The topological polar surface area (TPSA) is 81.8 Å². The zero-order valence-corrected chi connectivity index (χ0v) is 16.9. The van der Waals surface area contributed by atoms with Crippen molar-refractivity contribution in [2.75, 3.05) is 0 Å². The Morgan fingerprint density at radius 1 is 0.933 bits per heavy atom. The van der Waals surface area contributed by atoms with Crippen LogP contribution in [-0.4, -0.2) is 21.8 Å². The summed E-state index contributed by atoms with van der Waals surface area (Å²) < 4.78 is 16.9. The number of nitrogens with zero attached hydrogens (tertiary/aromatic N) is 1. The van der Waals surface area contributed by atoms with Crippen molar-refractivity contribution in [3.8, 4) is 28.5 Å². The van der Waals surface area contributed by atoms with Crippen molar-refractivity contribution in [3.05, 3.63) is 72.3 Å². The average molecular weight is 403 g/mol. The minimum atomic E-state index is -1.31. The molecule has 0 atom stereocenters. The van der Waals surface area contributed by atoms with Crippen LogP contribution >= 0.6 is 0 Å². The molecule has 6 heteroatoms. The van der Waals surface area contributed by atoms with E-state index in [1.165, 1.54) is 19.4 Å². The quantitative estimate of drug-likeness (QED) is 0.436. The van der Waals surface area contributed by atoms with E-state index in [-0.39, 0.29) is 0 Å². The molecule has 4 aromatic rings. The molecule has 6 nitrogen and oxygen atoms in total. The number of rotatable bonds is 6. The molecule has 0 amide bonds. The number of ether oxygens (including phenoxy) is 2. The van der Waals surface area contributed by atoms with E-state index in [1.54, 1.807) is 30.3 Å². The van der Waals surface area contributed by atoms with E-state index < -0.39 is 11.6 Å². The van der Waals surface area contributed by atoms with E-state index in [0.29, 0.717) is 22.8 Å². The predicted octanol–water partition coefficient (Wildman–Crippen LogP) is 5.84. The number of aryl methyl sites for hydroxylation is 1. The second kappa shape index (κ2) is 7.55. The molecule has 0 radical (unpaired) electrons. The van der Waals surface area contributed by atoms with Gasteiger partial charge in [-0.15, -0.1) is 0 Å². The summed E-state index contributed by atoms with van der Waals surface area (Å²) in [7, 11) is 0. The number of aromatic nitrogens is 1. The van der Waals surface area contributed by atoms with Crippen molar-refractivity contribution >= 4 is 16.9 Å². The summed E-state index contributed by atoms with van der Waals surface area (Å²) in [5.41, 5.74) is 2.29. The molecule has 1 aromatic heterocycles. The van der Waals surface area contributed by atoms with Crippen LogP contribution in [0.15, 0.2) is 71.3 Å². The zero-order chi connectivity index (χ0) is 21.3. The number of carbonyl (C=O) groups is 1. The van der Waals surface area contributed by atoms with Crippen LogP contribution in [0.1, 0.15) is 19.4 Å². The van der Waals surface area contributed by atoms with Gasteiger partial charge in [-0.1, -0.05) is 35.0 Å². The smallest absolute Gasteiger partial charge is 0.347 e. The van der Waals surface area contributed by atoms with Gasteiger partial charge in [0.15, 0.2) is 11.2 Å². The molecular weight excluding hydrogens is 382 g/mol. The lowest BCUT2D eigenvalue weighted by Gasteiger charge is -2.21. The maximum absolute atomic E-state index is 11.2. The lowest BCUT2D eigenvalue weighted by Crippen LogP contribution is -2.37. The monoisotopic (exact) mass is 403 g/mol. The number of fused-ring (bicyclic) bond motifs is 1. The molecule has 4 rings (SSSR count). The second-order valence-electron chi connectivity index (χ2n) is 7.55. The average Bonchev–Trinajstić information content (AvgIpc) is 3.13. The molecule has 0 saturated heterocycles. The fourth-order valence-electron chi connectivity index (χ4n) is 2.95. The highest BCUT2D eigenvalue weighted by molar-refractivity contribution is 5.92. The molecule has 152 valence electrons. The van der Waals surface area contributed by atoms with Gasteiger partial charge in [-0.2, -0.15) is 0 Å². The minimum absolute atomic E-state index is 0.447. The SMILES string of the molecule is Cc1ccc(-c2noc3cc(Oc4ccc(OC(C)(C)C(=O)O)cc4)ccc23)cc1. The Morgan fingerprint density at radius 3 is 2.23 bits per heavy atom. The number of carboxylic acid groups (broad SMARTS) is 1. The number of hydrogen-bond donors (Lipinski definition) is 1. The first-order valence-electron chi connectivity index (χ1n) is 9.49. The van der Waals surface area contributed by atoms with Crippen molar-refractivity contribution in [3.63, 3.8) is 0 Å². The molecule has 1 N–H and O–H groups in total. The van der Waals surface area contributed by atoms with E-state index in [1.807, 2.05) is 43.3 Å². The number of carboxylic acids is 1. The van der Waals surface area contributed by atoms with Crippen LogP contribution in [0.4, 0.5) is 0 Å². The third-order valence-electron chi connectivity index (χ3n) is 4.72. The van der Waals surface area contributed by atoms with Crippen LogP contribution in [0.25, 0.3) is 22.2 Å². The standard InChI is InChI=1S/C24H21NO5/c1-15-4-6-16(7-5-15)22-20-13-12-19(14-21(20)30-25-22)28-17-8-10-18(11-9-17)29-24(2,3)23(26)27/h4-14H,1-3H3,(H,26,27). The number of hydrogen-bond acceptors (Lipinski definition) is 5. The van der Waals surface area contributed by atoms with Crippen LogP contribution < -0.4 is 9.47 Å². The fourth-order valence-corrected chi connectivity index (χ4v) is 2.95. The minimum Gasteiger partial charge on any atom is -0.478 e. The molecule has 1 heterocycles. The summed E-state index contributed by atoms with van der Waals surface area (Å²) in [6, 6.07) is 20.5. The van der Waals surface area contributed by atoms with E-state index in [4.69, 9.17) is 19.1 Å². The summed E-state index contributed by atoms with van der Waals surface area (Å²) >= 11 is 0. The summed E-state index contributed by atoms with van der Waals surface area (Å²) in [5, 5.41) is 14.3. The molecule has 0 bridgehead atoms. The Labute approximate surface area is 173 Å². The van der Waals surface area contributed by atoms with Gasteiger partial charge in [-0.3, -0.25) is 0 Å². The predicted molar refractivity (Wildman–Crippen MR) is 113 cm³/mol. The molecule has 0 aliphatic heterocycles. The van der Waals surface area contributed by atoms with E-state index in [9.17, 15) is 4.79 Å². The van der Waals surface area contributed by atoms with Crippen LogP contribution in [0.3, 0.4) is 0 Å². The van der Waals surface area contributed by atoms with Crippen molar-refractivity contribution < 1.29 is 23.9 Å². The van der Waals surface area contributed by atoms with Gasteiger partial charge in [-0.25, -0.2) is 4.79 Å². The highest BCUT2D eigenvalue weighted by atomic mass is 16.5. The Morgan fingerprint density at radius 2 is 1.57 bits per heavy atom. The van der Waals surface area contributed by atoms with Crippen LogP contribution in [-0.2, 0) is 4.79 Å². The first kappa shape index (κ1) is 19.5. The molecule has 0 fully saturated rings. The zero-order valence-electron chi connectivity index (χ0n) is 16.9. The Kier molecular flexibility index (Phi) is 4.91. The largest absolute Gasteiger partial charge is 0.478 e. The van der Waals surface area contributed by atoms with E-state index in [2.05, 4.69) is 5.16 Å². The van der Waals surface area contributed by atoms with Gasteiger partial charge in [0.1, 0.15) is 22.9 Å². The van der Waals surface area contributed by atoms with Crippen molar-refractivity contribution in [1.82, 2.24) is 5.16 Å². The van der Waals surface area contributed by atoms with E-state index in [0.717, 1.165) is 16.6 Å². The maximum Gasteiger partial charge on any atom is 0.347 e. The van der Waals surface area contributed by atoms with Crippen LogP contribution in [0, 0.1) is 6.92 Å². The third-order valence-corrected chi connectivity index (χ3v) is 4.72. The lowest BCUT2D eigenvalue weighted by atomic mass is 10.1. The van der Waals surface area contributed by atoms with Crippen molar-refractivity contribution in [2.24, 2.45) is 0 Å². The molecule has 3 aromatic carbocycles. The van der Waals surface area contributed by atoms with Gasteiger partial charge in [0.25, 0.3) is 0 Å². The number of benzene rings is 3. The van der Waals surface area contributed by atoms with Crippen LogP contribution in [0.2, 0.25) is 0 Å². The summed E-state index contributed by atoms with van der Waals surface area (Å²) in [6.07, 6.45) is 0. The van der Waals surface area contributed by atoms with Gasteiger partial charge in [0.2, 0.25) is 0 Å². The molecule has 30 heavy (non-hydrogen) atoms. The fraction of sp³-hybridized carbons (Fsp3) is 0.167. The van der Waals surface area contributed by atoms with E-state index >= 15 is 0 Å². The van der Waals surface area contributed by atoms with Gasteiger partial charge in [0, 0.05) is 17.0 Å². The first-order valence-corrected chi connectivity index (χ1v) is 9.49. The molecular formula is C24H21NO5. The van der Waals surface area contributed by atoms with Gasteiger partial charge in [-0.05, 0) is 57.2 Å². The molecule has 0 unspecified atom stereocenters. The molecule has 0 saturated carbocycles. The third kappa shape index (κ3) is 3.98. The molecule has 0 spiro atoms. The Balaban J connectivity index is 1.52. The molecule has 0 aliphatic rings. The molecule has 0 aliphatic carbocycles. The summed E-state index contributed by atoms with van der Waals surface area (Å²) in [5.74, 6) is 0.609. The van der Waals surface area contributed by atoms with Crippen molar-refractivity contribution in [2.45, 2.75) is 26.4 Å². The lowest BCUT2D eigenvalue weighted by molar-refractivity contribution is -0.152. The highest BCUT2D eigenvalue weighted by Gasteiger charge is 2.29. The van der Waals surface area contributed by atoms with Crippen molar-refractivity contribution in [1.29, 1.82) is 0 Å². The number of aliphatic carboxylic acids is 1. The van der Waals surface area contributed by atoms with Gasteiger partial charge < -0.3 is 19.1 Å².